The lowest BCUT2D eigenvalue weighted by Gasteiger charge is -2.03. The first-order valence-electron chi connectivity index (χ1n) is 22.1. The molecule has 0 aliphatic carbocycles. The Balaban J connectivity index is 0.000000157. The van der Waals surface area contributed by atoms with Crippen molar-refractivity contribution in [3.63, 3.8) is 0 Å². The Morgan fingerprint density at radius 3 is 1.30 bits per heavy atom. The fourth-order valence-corrected chi connectivity index (χ4v) is 9.94. The number of ether oxygens (including phenoxy) is 6. The zero-order valence-electron chi connectivity index (χ0n) is 39.3. The molecule has 0 atom stereocenters. The lowest BCUT2D eigenvalue weighted by atomic mass is 10.2. The van der Waals surface area contributed by atoms with Crippen LogP contribution >= 0.6 is 56.7 Å². The molecule has 0 radical (unpaired) electrons. The summed E-state index contributed by atoms with van der Waals surface area (Å²) in [5.74, 6) is 1.75. The molecule has 0 N–H and O–H groups in total. The molecule has 0 aliphatic rings. The van der Waals surface area contributed by atoms with Gasteiger partial charge in [0.1, 0.15) is 57.9 Å². The van der Waals surface area contributed by atoms with Crippen molar-refractivity contribution in [3.8, 4) is 49.0 Å². The normalized spacial score (nSPS) is 10.5. The van der Waals surface area contributed by atoms with E-state index in [1.54, 1.807) is 39.6 Å². The third kappa shape index (κ3) is 15.5. The molecule has 14 nitrogen and oxygen atoms in total. The van der Waals surface area contributed by atoms with Crippen LogP contribution in [0.4, 0.5) is 0 Å². The van der Waals surface area contributed by atoms with Crippen LogP contribution in [0.15, 0.2) is 129 Å². The van der Waals surface area contributed by atoms with E-state index in [1.807, 2.05) is 125 Å². The predicted octanol–water partition coefficient (Wildman–Crippen LogP) is 13.4. The van der Waals surface area contributed by atoms with Gasteiger partial charge in [-0.2, -0.15) is 0 Å². The smallest absolute Gasteiger partial charge is 0.358 e. The number of aromatic nitrogens is 4. The molecule has 366 valence electrons. The Labute approximate surface area is 430 Å². The summed E-state index contributed by atoms with van der Waals surface area (Å²) in [6.45, 7) is 12.2. The zero-order valence-corrected chi connectivity index (χ0v) is 43.4. The van der Waals surface area contributed by atoms with Crippen LogP contribution in [0, 0.1) is 13.8 Å². The Morgan fingerprint density at radius 2 is 0.930 bits per heavy atom. The van der Waals surface area contributed by atoms with Crippen molar-refractivity contribution in [2.45, 2.75) is 54.4 Å². The number of furan rings is 1. The van der Waals surface area contributed by atoms with E-state index in [-0.39, 0.29) is 19.8 Å². The minimum Gasteiger partial charge on any atom is -0.494 e. The van der Waals surface area contributed by atoms with Crippen molar-refractivity contribution in [3.05, 3.63) is 168 Å². The molecule has 9 aromatic rings. The lowest BCUT2D eigenvalue weighted by Crippen LogP contribution is -2.05. The molecule has 0 fully saturated rings. The highest BCUT2D eigenvalue weighted by Gasteiger charge is 2.17. The lowest BCUT2D eigenvalue weighted by molar-refractivity contribution is 0.0436. The number of hydrogen-bond acceptors (Lipinski definition) is 19. The first-order valence-corrected chi connectivity index (χ1v) is 26.5. The van der Waals surface area contributed by atoms with Gasteiger partial charge in [0.15, 0.2) is 17.1 Å². The Morgan fingerprint density at radius 1 is 0.493 bits per heavy atom. The number of aryl methyl sites for hydroxylation is 2. The van der Waals surface area contributed by atoms with Crippen molar-refractivity contribution in [2.75, 3.05) is 19.8 Å². The molecule has 19 heteroatoms. The molecule has 0 bridgehead atoms. The highest BCUT2D eigenvalue weighted by atomic mass is 32.1. The maximum absolute atomic E-state index is 12.1. The van der Waals surface area contributed by atoms with E-state index in [9.17, 15) is 14.4 Å². The van der Waals surface area contributed by atoms with E-state index < -0.39 is 17.9 Å². The SMILES string of the molecule is CCOc1ccc(-c2nc(C(=O)OCc3ccc(C)s3)cs2)cc1.CCOc1ccc(-c2nc(C(=O)OCc3ccco3)cs2)cc1.CCOc1ccc(-c2nc(C(=O)OCc3csc(C)n3)cs2)cc1. The molecule has 0 amide bonds. The fraction of sp³-hybridized carbons (Fsp3) is 0.212. The van der Waals surface area contributed by atoms with Crippen LogP contribution in [-0.4, -0.2) is 57.7 Å². The number of rotatable bonds is 18. The Kier molecular flexibility index (Phi) is 19.2. The zero-order chi connectivity index (χ0) is 50.0. The number of benzene rings is 3. The van der Waals surface area contributed by atoms with Crippen molar-refractivity contribution >= 4 is 74.6 Å². The Bertz CT molecular complexity index is 2920. The van der Waals surface area contributed by atoms with Gasteiger partial charge in [-0.15, -0.1) is 56.7 Å². The molecule has 6 aromatic heterocycles. The van der Waals surface area contributed by atoms with E-state index in [0.717, 1.165) is 64.5 Å². The molecule has 0 unspecified atom stereocenters. The number of carbonyl (C=O) groups excluding carboxylic acids is 3. The summed E-state index contributed by atoms with van der Waals surface area (Å²) in [6.07, 6.45) is 1.54. The third-order valence-corrected chi connectivity index (χ3v) is 13.9. The molecule has 0 saturated heterocycles. The van der Waals surface area contributed by atoms with Gasteiger partial charge >= 0.3 is 17.9 Å². The molecule has 6 heterocycles. The number of thiazole rings is 4. The summed E-state index contributed by atoms with van der Waals surface area (Å²) >= 11 is 7.39. The van der Waals surface area contributed by atoms with Gasteiger partial charge in [-0.3, -0.25) is 0 Å². The van der Waals surface area contributed by atoms with Gasteiger partial charge in [0.2, 0.25) is 0 Å². The van der Waals surface area contributed by atoms with E-state index >= 15 is 0 Å². The third-order valence-electron chi connectivity index (χ3n) is 9.46. The molecule has 0 aliphatic heterocycles. The first kappa shape index (κ1) is 51.8. The number of esters is 3. The summed E-state index contributed by atoms with van der Waals surface area (Å²) in [6, 6.07) is 30.4. The largest absolute Gasteiger partial charge is 0.494 e. The van der Waals surface area contributed by atoms with Crippen LogP contribution in [0.1, 0.15) is 78.5 Å². The molecule has 0 spiro atoms. The van der Waals surface area contributed by atoms with Gasteiger partial charge < -0.3 is 32.8 Å². The Hall–Kier alpha value is -7.03. The summed E-state index contributed by atoms with van der Waals surface area (Å²) in [4.78, 5) is 55.7. The summed E-state index contributed by atoms with van der Waals surface area (Å²) in [7, 11) is 0. The summed E-state index contributed by atoms with van der Waals surface area (Å²) in [5, 5.41) is 10.3. The second-order valence-corrected chi connectivity index (χ2v) is 19.7. The molecule has 3 aromatic carbocycles. The minimum atomic E-state index is -0.463. The topological polar surface area (TPSA) is 171 Å². The van der Waals surface area contributed by atoms with Crippen LogP contribution in [0.5, 0.6) is 17.2 Å². The average Bonchev–Trinajstić information content (AvgIpc) is 4.26. The molecule has 71 heavy (non-hydrogen) atoms. The van der Waals surface area contributed by atoms with Crippen LogP contribution in [0.25, 0.3) is 31.7 Å². The van der Waals surface area contributed by atoms with E-state index in [0.29, 0.717) is 42.7 Å². The predicted molar refractivity (Wildman–Crippen MR) is 278 cm³/mol. The van der Waals surface area contributed by atoms with Gasteiger partial charge in [-0.1, -0.05) is 0 Å². The molecular formula is C52H48N4O10S5. The average molecular weight is 1050 g/mol. The number of hydrogen-bond donors (Lipinski definition) is 0. The van der Waals surface area contributed by atoms with Gasteiger partial charge in [0.25, 0.3) is 0 Å². The van der Waals surface area contributed by atoms with E-state index in [2.05, 4.69) is 19.9 Å². The maximum Gasteiger partial charge on any atom is 0.358 e. The summed E-state index contributed by atoms with van der Waals surface area (Å²) < 4.78 is 37.1. The second kappa shape index (κ2) is 26.3. The number of thiophene rings is 1. The highest BCUT2D eigenvalue weighted by Crippen LogP contribution is 2.29. The first-order chi connectivity index (χ1) is 34.6. The summed E-state index contributed by atoms with van der Waals surface area (Å²) in [5.41, 5.74) is 4.55. The number of nitrogens with zero attached hydrogens (tertiary/aromatic N) is 4. The van der Waals surface area contributed by atoms with Crippen LogP contribution in [-0.2, 0) is 34.0 Å². The van der Waals surface area contributed by atoms with E-state index in [4.69, 9.17) is 32.8 Å². The number of carbonyl (C=O) groups is 3. The van der Waals surface area contributed by atoms with Gasteiger partial charge in [0.05, 0.1) is 36.8 Å². The monoisotopic (exact) mass is 1050 g/mol. The quantitative estimate of drug-likeness (QED) is 0.0587. The van der Waals surface area contributed by atoms with Gasteiger partial charge in [-0.05, 0) is 132 Å². The molecule has 9 rings (SSSR count). The van der Waals surface area contributed by atoms with Crippen molar-refractivity contribution < 1.29 is 47.2 Å². The maximum atomic E-state index is 12.1. The van der Waals surface area contributed by atoms with Gasteiger partial charge in [0, 0.05) is 48.0 Å². The van der Waals surface area contributed by atoms with Crippen molar-refractivity contribution in [1.29, 1.82) is 0 Å². The van der Waals surface area contributed by atoms with Crippen LogP contribution < -0.4 is 14.2 Å². The van der Waals surface area contributed by atoms with Gasteiger partial charge in [-0.25, -0.2) is 34.3 Å². The minimum absolute atomic E-state index is 0.0990. The van der Waals surface area contributed by atoms with E-state index in [1.165, 1.54) is 56.5 Å². The highest BCUT2D eigenvalue weighted by molar-refractivity contribution is 7.14. The fourth-order valence-electron chi connectivity index (χ4n) is 6.15. The second-order valence-electron chi connectivity index (χ2n) is 14.7. The van der Waals surface area contributed by atoms with Crippen LogP contribution in [0.2, 0.25) is 0 Å². The van der Waals surface area contributed by atoms with Crippen LogP contribution in [0.3, 0.4) is 0 Å². The molecular weight excluding hydrogens is 1000 g/mol. The molecule has 0 saturated carbocycles. The van der Waals surface area contributed by atoms with Crippen molar-refractivity contribution in [2.24, 2.45) is 0 Å². The van der Waals surface area contributed by atoms with Crippen molar-refractivity contribution in [1.82, 2.24) is 19.9 Å². The standard InChI is InChI=1S/C18H17NO3S2.C17H16N2O3S2.C17H15NO4S/c1-3-21-14-7-5-13(6-8-14)17-19-16(11-23-17)18(20)22-10-15-9-4-12(2)24-15;1-3-21-14-6-4-12(5-7-14)16-19-15(10-24-16)17(20)22-8-13-9-23-11(2)18-13;1-2-20-13-7-5-12(6-8-13)16-18-15(11-23-16)17(19)22-10-14-4-3-9-21-14/h4-9,11H,3,10H2,1-2H3;4-7,9-10H,3,8H2,1-2H3;3-9,11H,2,10H2,1H3.